The molecule has 1 aromatic carbocycles. The van der Waals surface area contributed by atoms with Crippen LogP contribution in [0.15, 0.2) is 42.5 Å². The van der Waals surface area contributed by atoms with E-state index in [4.69, 9.17) is 0 Å². The minimum absolute atomic E-state index is 0.00856. The quantitative estimate of drug-likeness (QED) is 0.859. The van der Waals surface area contributed by atoms with Crippen molar-refractivity contribution in [3.8, 4) is 0 Å². The van der Waals surface area contributed by atoms with Crippen LogP contribution < -0.4 is 5.32 Å². The molecule has 0 radical (unpaired) electrons. The molecule has 0 spiro atoms. The largest absolute Gasteiger partial charge is 0.366 e. The van der Waals surface area contributed by atoms with E-state index in [2.05, 4.69) is 59.7 Å². The summed E-state index contributed by atoms with van der Waals surface area (Å²) >= 11 is 0. The molecule has 0 bridgehead atoms. The maximum Gasteiger partial charge on any atom is 0.274 e. The molecule has 1 aromatic heterocycles. The van der Waals surface area contributed by atoms with Crippen LogP contribution in [0.25, 0.3) is 0 Å². The van der Waals surface area contributed by atoms with Gasteiger partial charge in [0.2, 0.25) is 0 Å². The molecular weight excluding hydrogens is 324 g/mol. The van der Waals surface area contributed by atoms with Gasteiger partial charge in [-0.1, -0.05) is 37.3 Å². The number of nitrogens with zero attached hydrogens (tertiary/aromatic N) is 3. The Morgan fingerprint density at radius 1 is 1.15 bits per heavy atom. The van der Waals surface area contributed by atoms with Crippen LogP contribution in [0.1, 0.15) is 49.2 Å². The van der Waals surface area contributed by atoms with Gasteiger partial charge in [0.1, 0.15) is 5.82 Å². The fraction of sp³-hybridized carbons (Fsp3) is 0.476. The van der Waals surface area contributed by atoms with E-state index in [1.807, 2.05) is 11.0 Å². The van der Waals surface area contributed by atoms with Gasteiger partial charge in [0.25, 0.3) is 5.91 Å². The Bertz CT molecular complexity index is 694. The highest BCUT2D eigenvalue weighted by Gasteiger charge is 2.24. The van der Waals surface area contributed by atoms with E-state index >= 15 is 0 Å². The number of carbonyl (C=O) groups excluding carboxylic acids is 1. The van der Waals surface area contributed by atoms with Crippen LogP contribution in [0.2, 0.25) is 0 Å². The average molecular weight is 352 g/mol. The van der Waals surface area contributed by atoms with Gasteiger partial charge in [0, 0.05) is 19.1 Å². The summed E-state index contributed by atoms with van der Waals surface area (Å²) in [4.78, 5) is 14.6. The number of piperidine rings is 1. The third kappa shape index (κ3) is 4.81. The summed E-state index contributed by atoms with van der Waals surface area (Å²) in [5, 5.41) is 11.5. The zero-order valence-corrected chi connectivity index (χ0v) is 15.7. The summed E-state index contributed by atoms with van der Waals surface area (Å²) in [6, 6.07) is 14.6. The summed E-state index contributed by atoms with van der Waals surface area (Å²) in [6.45, 7) is 5.81. The topological polar surface area (TPSA) is 58.1 Å². The lowest BCUT2D eigenvalue weighted by Crippen LogP contribution is -2.39. The number of benzene rings is 1. The summed E-state index contributed by atoms with van der Waals surface area (Å²) < 4.78 is 0. The summed E-state index contributed by atoms with van der Waals surface area (Å²) in [6.07, 6.45) is 4.20. The van der Waals surface area contributed by atoms with Gasteiger partial charge in [-0.15, -0.1) is 10.2 Å². The molecule has 5 nitrogen and oxygen atoms in total. The lowest BCUT2D eigenvalue weighted by molar-refractivity contribution is 0.0683. The van der Waals surface area contributed by atoms with Gasteiger partial charge in [-0.05, 0) is 56.2 Å². The van der Waals surface area contributed by atoms with Gasteiger partial charge in [0.05, 0.1) is 0 Å². The second-order valence-electron chi connectivity index (χ2n) is 7.18. The second-order valence-corrected chi connectivity index (χ2v) is 7.18. The highest BCUT2D eigenvalue weighted by molar-refractivity contribution is 5.92. The molecule has 1 atom stereocenters. The predicted octanol–water partition coefficient (Wildman–Crippen LogP) is 3.78. The Labute approximate surface area is 155 Å². The van der Waals surface area contributed by atoms with Gasteiger partial charge in [0.15, 0.2) is 5.69 Å². The van der Waals surface area contributed by atoms with Crippen molar-refractivity contribution in [1.29, 1.82) is 0 Å². The minimum atomic E-state index is -0.00856. The molecule has 26 heavy (non-hydrogen) atoms. The standard InChI is InChI=1S/C21H28N4O/c1-3-16(2)22-20-10-9-19(23-24-20)21(26)25-13-11-18(12-14-25)15-17-7-5-4-6-8-17/h4-10,16,18H,3,11-15H2,1-2H3,(H,22,24). The summed E-state index contributed by atoms with van der Waals surface area (Å²) in [5.74, 6) is 1.36. The monoisotopic (exact) mass is 352 g/mol. The van der Waals surface area contributed by atoms with E-state index in [1.165, 1.54) is 5.56 Å². The van der Waals surface area contributed by atoms with Crippen molar-refractivity contribution >= 4 is 11.7 Å². The SMILES string of the molecule is CCC(C)Nc1ccc(C(=O)N2CCC(Cc3ccccc3)CC2)nn1. The fourth-order valence-corrected chi connectivity index (χ4v) is 3.33. The van der Waals surface area contributed by atoms with Crippen LogP contribution in [0, 0.1) is 5.92 Å². The maximum atomic E-state index is 12.7. The Morgan fingerprint density at radius 2 is 1.88 bits per heavy atom. The number of hydrogen-bond acceptors (Lipinski definition) is 4. The van der Waals surface area contributed by atoms with E-state index in [0.717, 1.165) is 44.6 Å². The van der Waals surface area contributed by atoms with Crippen molar-refractivity contribution in [3.63, 3.8) is 0 Å². The second kappa shape index (κ2) is 8.79. The predicted molar refractivity (Wildman–Crippen MR) is 104 cm³/mol. The Balaban J connectivity index is 1.51. The molecule has 1 fully saturated rings. The minimum Gasteiger partial charge on any atom is -0.366 e. The van der Waals surface area contributed by atoms with E-state index in [-0.39, 0.29) is 5.91 Å². The lowest BCUT2D eigenvalue weighted by atomic mass is 9.90. The molecule has 5 heteroatoms. The molecule has 0 aliphatic carbocycles. The van der Waals surface area contributed by atoms with Crippen molar-refractivity contribution in [2.24, 2.45) is 5.92 Å². The van der Waals surface area contributed by atoms with E-state index < -0.39 is 0 Å². The molecule has 2 heterocycles. The Kier molecular flexibility index (Phi) is 6.21. The van der Waals surface area contributed by atoms with Crippen molar-refractivity contribution in [3.05, 3.63) is 53.7 Å². The van der Waals surface area contributed by atoms with Crippen LogP contribution in [-0.4, -0.2) is 40.1 Å². The molecule has 1 saturated heterocycles. The first kappa shape index (κ1) is 18.4. The molecule has 1 aliphatic rings. The average Bonchev–Trinajstić information content (AvgIpc) is 2.69. The van der Waals surface area contributed by atoms with Crippen molar-refractivity contribution in [2.45, 2.75) is 45.6 Å². The first-order chi connectivity index (χ1) is 12.7. The molecule has 1 aliphatic heterocycles. The number of rotatable bonds is 6. The lowest BCUT2D eigenvalue weighted by Gasteiger charge is -2.31. The summed E-state index contributed by atoms with van der Waals surface area (Å²) in [5.41, 5.74) is 1.81. The van der Waals surface area contributed by atoms with E-state index in [1.54, 1.807) is 6.07 Å². The first-order valence-electron chi connectivity index (χ1n) is 9.59. The first-order valence-corrected chi connectivity index (χ1v) is 9.59. The normalized spacial score (nSPS) is 16.3. The van der Waals surface area contributed by atoms with Crippen LogP contribution in [-0.2, 0) is 6.42 Å². The smallest absolute Gasteiger partial charge is 0.274 e. The van der Waals surface area contributed by atoms with Gasteiger partial charge < -0.3 is 10.2 Å². The number of hydrogen-bond donors (Lipinski definition) is 1. The van der Waals surface area contributed by atoms with Crippen LogP contribution in [0.5, 0.6) is 0 Å². The van der Waals surface area contributed by atoms with Crippen molar-refractivity contribution < 1.29 is 4.79 Å². The number of nitrogens with one attached hydrogen (secondary N) is 1. The third-order valence-electron chi connectivity index (χ3n) is 5.16. The molecule has 0 saturated carbocycles. The number of anilines is 1. The molecule has 1 unspecified atom stereocenters. The molecule has 138 valence electrons. The van der Waals surface area contributed by atoms with Crippen LogP contribution in [0.4, 0.5) is 5.82 Å². The maximum absolute atomic E-state index is 12.7. The molecule has 1 amide bonds. The summed E-state index contributed by atoms with van der Waals surface area (Å²) in [7, 11) is 0. The Morgan fingerprint density at radius 3 is 2.50 bits per heavy atom. The van der Waals surface area contributed by atoms with Crippen LogP contribution in [0.3, 0.4) is 0 Å². The van der Waals surface area contributed by atoms with Gasteiger partial charge in [-0.3, -0.25) is 4.79 Å². The van der Waals surface area contributed by atoms with Crippen molar-refractivity contribution in [2.75, 3.05) is 18.4 Å². The molecule has 1 N–H and O–H groups in total. The third-order valence-corrected chi connectivity index (χ3v) is 5.16. The Hall–Kier alpha value is -2.43. The fourth-order valence-electron chi connectivity index (χ4n) is 3.33. The van der Waals surface area contributed by atoms with Crippen LogP contribution >= 0.6 is 0 Å². The number of amides is 1. The van der Waals surface area contributed by atoms with Gasteiger partial charge >= 0.3 is 0 Å². The zero-order valence-electron chi connectivity index (χ0n) is 15.7. The van der Waals surface area contributed by atoms with E-state index in [9.17, 15) is 4.79 Å². The van der Waals surface area contributed by atoms with Crippen molar-refractivity contribution in [1.82, 2.24) is 15.1 Å². The molecule has 2 aromatic rings. The number of aromatic nitrogens is 2. The highest BCUT2D eigenvalue weighted by Crippen LogP contribution is 2.22. The number of likely N-dealkylation sites (tertiary alicyclic amines) is 1. The molecular formula is C21H28N4O. The van der Waals surface area contributed by atoms with E-state index in [0.29, 0.717) is 17.7 Å². The number of carbonyl (C=O) groups is 1. The highest BCUT2D eigenvalue weighted by atomic mass is 16.2. The van der Waals surface area contributed by atoms with Gasteiger partial charge in [-0.25, -0.2) is 0 Å². The zero-order chi connectivity index (χ0) is 18.4. The molecule has 3 rings (SSSR count). The van der Waals surface area contributed by atoms with Gasteiger partial charge in [-0.2, -0.15) is 0 Å².